The van der Waals surface area contributed by atoms with Gasteiger partial charge in [-0.15, -0.1) is 0 Å². The molecular formula is C92H56F6N10. The Labute approximate surface area is 616 Å². The van der Waals surface area contributed by atoms with E-state index in [-0.39, 0.29) is 28.3 Å². The summed E-state index contributed by atoms with van der Waals surface area (Å²) in [7, 11) is 0. The number of aliphatic imine (C=N–C) groups is 2. The maximum Gasteiger partial charge on any atom is 0.417 e. The summed E-state index contributed by atoms with van der Waals surface area (Å²) in [6, 6.07) is 103. The van der Waals surface area contributed by atoms with Crippen LogP contribution in [0.1, 0.15) is 33.4 Å². The number of nitrogens with one attached hydrogen (secondary N) is 2. The van der Waals surface area contributed by atoms with Crippen LogP contribution in [0.25, 0.3) is 88.3 Å². The standard InChI is InChI=1S/C92H56F6N10/c93-91(94,95)68-34-47-76(82(52-68)92(96,97)98)75-48-49-84-88-77(75)16-9-18-79(88)90(104-84)106-86-51-33-67(56-102-86)62-26-41-72(42-27-62)108(70-37-22-60(23-38-70)58-12-5-2-6-13-58)74-45-30-64(31-46-74)81(54-100)80(53-99)63-28-43-73(44-29-63)107(69-35-20-59(21-36-69)57-10-3-1-4-11-57)71-39-24-61(25-40-71)66-32-50-85(101-55-66)105-89-78-17-7-14-65-15-8-19-83(103-89)87(65)78/h1-52,55-56H,(H,101,103,105)(H,102,104,106)/b81-80+. The van der Waals surface area contributed by atoms with Gasteiger partial charge in [0.15, 0.2) is 11.6 Å². The predicted molar refractivity (Wildman–Crippen MR) is 421 cm³/mol. The molecular weight excluding hydrogens is 1360 g/mol. The lowest BCUT2D eigenvalue weighted by Crippen LogP contribution is -2.12. The van der Waals surface area contributed by atoms with Crippen molar-refractivity contribution in [2.24, 2.45) is 9.98 Å². The van der Waals surface area contributed by atoms with Gasteiger partial charge < -0.3 is 20.4 Å². The average molecular weight is 1420 g/mol. The van der Waals surface area contributed by atoms with Gasteiger partial charge in [0, 0.05) is 90.9 Å². The number of nitriles is 2. The Morgan fingerprint density at radius 2 is 0.713 bits per heavy atom. The van der Waals surface area contributed by atoms with Crippen LogP contribution >= 0.6 is 0 Å². The third kappa shape index (κ3) is 12.9. The number of rotatable bonds is 15. The minimum absolute atomic E-state index is 0.126. The number of benzene rings is 13. The van der Waals surface area contributed by atoms with Crippen LogP contribution in [0.5, 0.6) is 0 Å². The van der Waals surface area contributed by atoms with Gasteiger partial charge in [-0.25, -0.2) is 20.0 Å². The van der Waals surface area contributed by atoms with Gasteiger partial charge >= 0.3 is 12.4 Å². The summed E-state index contributed by atoms with van der Waals surface area (Å²) in [5.74, 6) is 2.10. The minimum Gasteiger partial charge on any atom is -0.339 e. The fraction of sp³-hybridized carbons (Fsp3) is 0.0217. The van der Waals surface area contributed by atoms with E-state index in [4.69, 9.17) is 20.0 Å². The highest BCUT2D eigenvalue weighted by Gasteiger charge is 2.39. The van der Waals surface area contributed by atoms with E-state index in [9.17, 15) is 36.9 Å². The fourth-order valence-corrected chi connectivity index (χ4v) is 14.3. The molecule has 17 rings (SSSR count). The Hall–Kier alpha value is -14.5. The van der Waals surface area contributed by atoms with E-state index in [2.05, 4.69) is 154 Å². The largest absolute Gasteiger partial charge is 0.417 e. The van der Waals surface area contributed by atoms with Crippen LogP contribution in [-0.4, -0.2) is 21.6 Å². The highest BCUT2D eigenvalue weighted by molar-refractivity contribution is 6.28. The second-order valence-corrected chi connectivity index (χ2v) is 26.0. The zero-order valence-corrected chi connectivity index (χ0v) is 57.0. The van der Waals surface area contributed by atoms with Gasteiger partial charge in [0.1, 0.15) is 23.8 Å². The van der Waals surface area contributed by atoms with E-state index in [0.29, 0.717) is 56.7 Å². The third-order valence-electron chi connectivity index (χ3n) is 19.5. The molecule has 2 aliphatic rings. The Balaban J connectivity index is 0.637. The molecule has 4 heterocycles. The number of alkyl halides is 6. The summed E-state index contributed by atoms with van der Waals surface area (Å²) in [5.41, 5.74) is 14.7. The SMILES string of the molecule is N#C/C(=C(/C#N)c1ccc(N(c2ccc(-c3ccccc3)cc2)c2ccc(-c3ccc(/N=C4\Nc5ccc(-c6ccc(C(F)(F)F)cc6C(F)(F)F)c6cccc4c56)nc3)cc2)cc1)c1ccc(N(c2ccc(-c3ccccc3)cc2)c2ccc(-c3ccc(/N=C4\Nc5cccc6cccc4c56)nc3)cc2)cc1. The molecule has 2 N–H and O–H groups in total. The Kier molecular flexibility index (Phi) is 17.1. The molecule has 2 aliphatic heterocycles. The van der Waals surface area contributed by atoms with E-state index in [0.717, 1.165) is 113 Å². The van der Waals surface area contributed by atoms with E-state index < -0.39 is 23.5 Å². The third-order valence-corrected chi connectivity index (χ3v) is 19.5. The molecule has 2 aromatic heterocycles. The monoisotopic (exact) mass is 1410 g/mol. The molecule has 0 saturated heterocycles. The lowest BCUT2D eigenvalue weighted by molar-refractivity contribution is -0.142. The van der Waals surface area contributed by atoms with E-state index in [1.807, 2.05) is 146 Å². The molecule has 0 saturated carbocycles. The first-order valence-electron chi connectivity index (χ1n) is 34.6. The second-order valence-electron chi connectivity index (χ2n) is 26.0. The number of allylic oxidation sites excluding steroid dienone is 2. The molecule has 516 valence electrons. The molecule has 108 heavy (non-hydrogen) atoms. The summed E-state index contributed by atoms with van der Waals surface area (Å²) in [5, 5.41) is 32.0. The molecule has 15 aromatic rings. The predicted octanol–water partition coefficient (Wildman–Crippen LogP) is 25.1. The van der Waals surface area contributed by atoms with Gasteiger partial charge in [-0.2, -0.15) is 36.9 Å². The number of aromatic nitrogens is 2. The van der Waals surface area contributed by atoms with Crippen molar-refractivity contribution in [1.29, 1.82) is 10.5 Å². The highest BCUT2D eigenvalue weighted by Crippen LogP contribution is 2.47. The number of halogens is 6. The maximum atomic E-state index is 14.4. The van der Waals surface area contributed by atoms with Gasteiger partial charge in [-0.05, 0) is 188 Å². The lowest BCUT2D eigenvalue weighted by atomic mass is 9.91. The van der Waals surface area contributed by atoms with Crippen LogP contribution in [0.3, 0.4) is 0 Å². The normalized spacial score (nSPS) is 13.2. The van der Waals surface area contributed by atoms with Crippen LogP contribution in [0.4, 0.5) is 83.5 Å². The van der Waals surface area contributed by atoms with Crippen LogP contribution in [0, 0.1) is 22.7 Å². The van der Waals surface area contributed by atoms with Crippen LogP contribution in [0.15, 0.2) is 338 Å². The van der Waals surface area contributed by atoms with Crippen molar-refractivity contribution >= 4 is 101 Å². The minimum atomic E-state index is -5.06. The molecule has 0 unspecified atom stereocenters. The van der Waals surface area contributed by atoms with Gasteiger partial charge in [-0.3, -0.25) is 0 Å². The smallest absolute Gasteiger partial charge is 0.339 e. The molecule has 16 heteroatoms. The van der Waals surface area contributed by atoms with Crippen molar-refractivity contribution in [3.8, 4) is 67.8 Å². The summed E-state index contributed by atoms with van der Waals surface area (Å²) in [6.45, 7) is 0. The van der Waals surface area contributed by atoms with Gasteiger partial charge in [0.05, 0.1) is 22.3 Å². The fourth-order valence-electron chi connectivity index (χ4n) is 14.3. The molecule has 0 radical (unpaired) electrons. The van der Waals surface area contributed by atoms with Crippen molar-refractivity contribution in [3.63, 3.8) is 0 Å². The van der Waals surface area contributed by atoms with Gasteiger partial charge in [-0.1, -0.05) is 194 Å². The summed E-state index contributed by atoms with van der Waals surface area (Å²) < 4.78 is 84.1. The number of anilines is 8. The molecule has 10 nitrogen and oxygen atoms in total. The molecule has 0 spiro atoms. The number of pyridine rings is 2. The molecule has 0 fully saturated rings. The number of hydrogen-bond acceptors (Lipinski definition) is 8. The average Bonchev–Trinajstić information content (AvgIpc) is 1.53. The van der Waals surface area contributed by atoms with Crippen molar-refractivity contribution < 1.29 is 26.3 Å². The van der Waals surface area contributed by atoms with Crippen molar-refractivity contribution in [3.05, 3.63) is 361 Å². The summed E-state index contributed by atoms with van der Waals surface area (Å²) in [4.78, 5) is 23.5. The molecule has 0 aliphatic carbocycles. The van der Waals surface area contributed by atoms with Crippen molar-refractivity contribution in [2.75, 3.05) is 20.4 Å². The lowest BCUT2D eigenvalue weighted by Gasteiger charge is -2.26. The van der Waals surface area contributed by atoms with Crippen LogP contribution in [0.2, 0.25) is 0 Å². The molecule has 0 amide bonds. The highest BCUT2D eigenvalue weighted by atomic mass is 19.4. The number of hydrogen-bond donors (Lipinski definition) is 2. The molecule has 0 atom stereocenters. The van der Waals surface area contributed by atoms with Crippen molar-refractivity contribution in [1.82, 2.24) is 9.97 Å². The Morgan fingerprint density at radius 1 is 0.333 bits per heavy atom. The van der Waals surface area contributed by atoms with Gasteiger partial charge in [0.25, 0.3) is 0 Å². The zero-order valence-electron chi connectivity index (χ0n) is 57.0. The first-order chi connectivity index (χ1) is 52.7. The second kappa shape index (κ2) is 27.6. The van der Waals surface area contributed by atoms with E-state index >= 15 is 0 Å². The summed E-state index contributed by atoms with van der Waals surface area (Å²) in [6.07, 6.45) is -6.48. The summed E-state index contributed by atoms with van der Waals surface area (Å²) >= 11 is 0. The van der Waals surface area contributed by atoms with Crippen molar-refractivity contribution in [2.45, 2.75) is 12.4 Å². The number of amidine groups is 2. The van der Waals surface area contributed by atoms with Gasteiger partial charge in [0.2, 0.25) is 0 Å². The topological polar surface area (TPSA) is 129 Å². The first kappa shape index (κ1) is 66.7. The van der Waals surface area contributed by atoms with E-state index in [1.165, 1.54) is 6.07 Å². The first-order valence-corrected chi connectivity index (χ1v) is 34.6. The van der Waals surface area contributed by atoms with E-state index in [1.54, 1.807) is 36.5 Å². The number of nitrogens with zero attached hydrogens (tertiary/aromatic N) is 8. The molecule has 13 aromatic carbocycles. The van der Waals surface area contributed by atoms with Crippen LogP contribution in [-0.2, 0) is 12.4 Å². The Bertz CT molecular complexity index is 6150. The Morgan fingerprint density at radius 3 is 1.13 bits per heavy atom. The van der Waals surface area contributed by atoms with Crippen LogP contribution < -0.4 is 20.4 Å². The quantitative estimate of drug-likeness (QED) is 0.0590. The zero-order chi connectivity index (χ0) is 73.6. The maximum absolute atomic E-state index is 14.4. The molecule has 0 bridgehead atoms.